The fourth-order valence-corrected chi connectivity index (χ4v) is 2.94. The van der Waals surface area contributed by atoms with E-state index in [1.54, 1.807) is 31.4 Å². The fraction of sp³-hybridized carbons (Fsp3) is 0.250. The number of ether oxygens (including phenoxy) is 1. The first kappa shape index (κ1) is 18.4. The normalized spacial score (nSPS) is 12.8. The van der Waals surface area contributed by atoms with Crippen LogP contribution in [-0.4, -0.2) is 31.4 Å². The summed E-state index contributed by atoms with van der Waals surface area (Å²) in [6.45, 7) is 0.282. The van der Waals surface area contributed by atoms with Crippen LogP contribution < -0.4 is 20.3 Å². The van der Waals surface area contributed by atoms with Gasteiger partial charge in [0.2, 0.25) is 17.7 Å². The highest BCUT2D eigenvalue weighted by Gasteiger charge is 2.26. The van der Waals surface area contributed by atoms with Crippen LogP contribution in [0.2, 0.25) is 0 Å². The molecule has 7 nitrogen and oxygen atoms in total. The van der Waals surface area contributed by atoms with Gasteiger partial charge in [-0.25, -0.2) is 0 Å². The van der Waals surface area contributed by atoms with Gasteiger partial charge < -0.3 is 20.3 Å². The van der Waals surface area contributed by atoms with Crippen molar-refractivity contribution in [2.45, 2.75) is 19.4 Å². The molecule has 0 atom stereocenters. The Bertz CT molecular complexity index is 866. The van der Waals surface area contributed by atoms with Crippen molar-refractivity contribution >= 4 is 29.1 Å². The number of carbonyl (C=O) groups excluding carboxylic acids is 3. The van der Waals surface area contributed by atoms with Gasteiger partial charge in [0, 0.05) is 24.9 Å². The Kier molecular flexibility index (Phi) is 5.71. The maximum Gasteiger partial charge on any atom is 0.244 e. The quantitative estimate of drug-likeness (QED) is 0.818. The first-order valence-electron chi connectivity index (χ1n) is 8.66. The van der Waals surface area contributed by atoms with Crippen LogP contribution in [0.3, 0.4) is 0 Å². The average molecular weight is 367 g/mol. The number of methoxy groups -OCH3 is 1. The van der Waals surface area contributed by atoms with Gasteiger partial charge in [0.1, 0.15) is 12.3 Å². The van der Waals surface area contributed by atoms with E-state index in [1.165, 1.54) is 4.90 Å². The van der Waals surface area contributed by atoms with Crippen molar-refractivity contribution in [1.82, 2.24) is 5.32 Å². The highest BCUT2D eigenvalue weighted by molar-refractivity contribution is 6.10. The van der Waals surface area contributed by atoms with Crippen LogP contribution >= 0.6 is 0 Å². The predicted octanol–water partition coefficient (Wildman–Crippen LogP) is 2.08. The second-order valence-corrected chi connectivity index (χ2v) is 6.13. The minimum absolute atomic E-state index is 0.0272. The molecule has 27 heavy (non-hydrogen) atoms. The number of hydrogen-bond acceptors (Lipinski definition) is 4. The number of benzene rings is 2. The van der Waals surface area contributed by atoms with Crippen molar-refractivity contribution in [3.05, 3.63) is 54.1 Å². The third kappa shape index (κ3) is 4.44. The van der Waals surface area contributed by atoms with Gasteiger partial charge in [0.05, 0.1) is 18.5 Å². The molecular weight excluding hydrogens is 346 g/mol. The summed E-state index contributed by atoms with van der Waals surface area (Å²) in [4.78, 5) is 37.9. The molecule has 0 radical (unpaired) electrons. The van der Waals surface area contributed by atoms with E-state index in [2.05, 4.69) is 10.6 Å². The number of nitrogens with zero attached hydrogens (tertiary/aromatic N) is 1. The average Bonchev–Trinajstić information content (AvgIpc) is 2.69. The largest absolute Gasteiger partial charge is 0.496 e. The van der Waals surface area contributed by atoms with Crippen LogP contribution in [0.15, 0.2) is 48.5 Å². The van der Waals surface area contributed by atoms with Gasteiger partial charge in [-0.05, 0) is 18.2 Å². The van der Waals surface area contributed by atoms with E-state index in [4.69, 9.17) is 4.74 Å². The lowest BCUT2D eigenvalue weighted by Crippen LogP contribution is -2.42. The molecule has 0 aromatic heterocycles. The summed E-state index contributed by atoms with van der Waals surface area (Å²) < 4.78 is 5.25. The van der Waals surface area contributed by atoms with Crippen LogP contribution in [0.4, 0.5) is 11.4 Å². The van der Waals surface area contributed by atoms with E-state index in [1.807, 2.05) is 24.3 Å². The van der Waals surface area contributed by atoms with E-state index in [0.29, 0.717) is 23.7 Å². The van der Waals surface area contributed by atoms with Crippen molar-refractivity contribution in [2.75, 3.05) is 23.9 Å². The molecule has 2 aromatic rings. The van der Waals surface area contributed by atoms with E-state index in [-0.39, 0.29) is 37.1 Å². The second kappa shape index (κ2) is 8.35. The highest BCUT2D eigenvalue weighted by atomic mass is 16.5. The number of fused-ring (bicyclic) bond motifs is 1. The van der Waals surface area contributed by atoms with E-state index < -0.39 is 0 Å². The minimum Gasteiger partial charge on any atom is -0.496 e. The van der Waals surface area contributed by atoms with E-state index >= 15 is 0 Å². The molecule has 1 heterocycles. The molecule has 2 N–H and O–H groups in total. The number of carbonyl (C=O) groups is 3. The third-order valence-electron chi connectivity index (χ3n) is 4.31. The summed E-state index contributed by atoms with van der Waals surface area (Å²) in [6.07, 6.45) is 0.0770. The Balaban J connectivity index is 1.55. The van der Waals surface area contributed by atoms with Crippen LogP contribution in [0.25, 0.3) is 0 Å². The summed E-state index contributed by atoms with van der Waals surface area (Å²) in [6, 6.07) is 14.5. The zero-order chi connectivity index (χ0) is 19.2. The number of nitrogens with one attached hydrogen (secondary N) is 2. The van der Waals surface area contributed by atoms with Crippen LogP contribution in [0.1, 0.15) is 18.4 Å². The molecule has 0 saturated carbocycles. The third-order valence-corrected chi connectivity index (χ3v) is 4.31. The number of amides is 3. The predicted molar refractivity (Wildman–Crippen MR) is 101 cm³/mol. The number of anilines is 2. The summed E-state index contributed by atoms with van der Waals surface area (Å²) in [5.74, 6) is -0.0405. The van der Waals surface area contributed by atoms with Gasteiger partial charge in [0.15, 0.2) is 0 Å². The second-order valence-electron chi connectivity index (χ2n) is 6.13. The molecule has 1 aliphatic heterocycles. The number of rotatable bonds is 6. The van der Waals surface area contributed by atoms with Crippen LogP contribution in [0, 0.1) is 0 Å². The first-order valence-corrected chi connectivity index (χ1v) is 8.66. The van der Waals surface area contributed by atoms with Crippen molar-refractivity contribution < 1.29 is 19.1 Å². The molecule has 3 amide bonds. The lowest BCUT2D eigenvalue weighted by atomic mass is 10.1. The molecule has 0 unspecified atom stereocenters. The molecule has 0 aliphatic carbocycles. The maximum absolute atomic E-state index is 12.5. The molecule has 0 spiro atoms. The van der Waals surface area contributed by atoms with Gasteiger partial charge in [-0.15, -0.1) is 0 Å². The van der Waals surface area contributed by atoms with Gasteiger partial charge in [-0.3, -0.25) is 14.4 Å². The summed E-state index contributed by atoms with van der Waals surface area (Å²) in [5.41, 5.74) is 2.11. The summed E-state index contributed by atoms with van der Waals surface area (Å²) in [5, 5.41) is 5.53. The van der Waals surface area contributed by atoms with Crippen molar-refractivity contribution in [2.24, 2.45) is 0 Å². The Morgan fingerprint density at radius 3 is 2.67 bits per heavy atom. The molecule has 1 aliphatic rings. The first-order chi connectivity index (χ1) is 13.1. The lowest BCUT2D eigenvalue weighted by Gasteiger charge is -2.29. The zero-order valence-electron chi connectivity index (χ0n) is 15.0. The van der Waals surface area contributed by atoms with Gasteiger partial charge in [-0.2, -0.15) is 0 Å². The van der Waals surface area contributed by atoms with Crippen molar-refractivity contribution in [1.29, 1.82) is 0 Å². The topological polar surface area (TPSA) is 87.7 Å². The molecule has 7 heteroatoms. The minimum atomic E-state index is -0.259. The van der Waals surface area contributed by atoms with Crippen LogP contribution in [-0.2, 0) is 20.9 Å². The SMILES string of the molecule is COc1ccccc1CNC(=O)CCC(=O)N1CC(=O)Nc2ccccc21. The standard InChI is InChI=1S/C20H21N3O4/c1-27-17-9-5-2-6-14(17)12-21-18(24)10-11-20(26)23-13-19(25)22-15-7-3-4-8-16(15)23/h2-9H,10-13H2,1H3,(H,21,24)(H,22,25). The smallest absolute Gasteiger partial charge is 0.244 e. The summed E-state index contributed by atoms with van der Waals surface area (Å²) in [7, 11) is 1.58. The maximum atomic E-state index is 12.5. The Morgan fingerprint density at radius 2 is 1.85 bits per heavy atom. The molecular formula is C20H21N3O4. The van der Waals surface area contributed by atoms with E-state index in [0.717, 1.165) is 5.56 Å². The van der Waals surface area contributed by atoms with Gasteiger partial charge in [0.25, 0.3) is 0 Å². The fourth-order valence-electron chi connectivity index (χ4n) is 2.94. The van der Waals surface area contributed by atoms with Crippen molar-refractivity contribution in [3.63, 3.8) is 0 Å². The summed E-state index contributed by atoms with van der Waals surface area (Å²) >= 11 is 0. The monoisotopic (exact) mass is 367 g/mol. The number of hydrogen-bond donors (Lipinski definition) is 2. The molecule has 2 aromatic carbocycles. The Morgan fingerprint density at radius 1 is 1.11 bits per heavy atom. The van der Waals surface area contributed by atoms with Crippen LogP contribution in [0.5, 0.6) is 5.75 Å². The molecule has 0 bridgehead atoms. The molecule has 0 saturated heterocycles. The highest BCUT2D eigenvalue weighted by Crippen LogP contribution is 2.29. The van der Waals surface area contributed by atoms with Crippen molar-refractivity contribution in [3.8, 4) is 5.75 Å². The van der Waals surface area contributed by atoms with Gasteiger partial charge in [-0.1, -0.05) is 30.3 Å². The molecule has 0 fully saturated rings. The lowest BCUT2D eigenvalue weighted by molar-refractivity contribution is -0.125. The van der Waals surface area contributed by atoms with Gasteiger partial charge >= 0.3 is 0 Å². The molecule has 3 rings (SSSR count). The Hall–Kier alpha value is -3.35. The Labute approximate surface area is 157 Å². The number of para-hydroxylation sites is 3. The zero-order valence-corrected chi connectivity index (χ0v) is 15.0. The molecule has 140 valence electrons. The van der Waals surface area contributed by atoms with E-state index in [9.17, 15) is 14.4 Å².